The van der Waals surface area contributed by atoms with Crippen molar-refractivity contribution in [2.24, 2.45) is 10.9 Å². The van der Waals surface area contributed by atoms with Gasteiger partial charge < -0.3 is 15.5 Å². The van der Waals surface area contributed by atoms with Gasteiger partial charge in [-0.3, -0.25) is 4.79 Å². The molecule has 0 spiro atoms. The highest BCUT2D eigenvalue weighted by atomic mass is 127. The minimum absolute atomic E-state index is 0. The molecule has 1 unspecified atom stereocenters. The first kappa shape index (κ1) is 24.0. The molecular formula is C23H32IN5OS. The standard InChI is InChI=1S/C23H31N5OS.HI/c1-2-24-23(25-14-20-16-30-21(26-20)17-8-4-3-5-9-17)27-19-12-13-28(15-19)22(29)18-10-6-7-11-18;/h3-5,8-9,16,18-19H,2,6-7,10-15H2,1H3,(H2,24,25,27);1H. The Kier molecular flexibility index (Phi) is 9.13. The van der Waals surface area contributed by atoms with E-state index in [0.717, 1.165) is 61.1 Å². The molecule has 0 bridgehead atoms. The van der Waals surface area contributed by atoms with Crippen LogP contribution >= 0.6 is 35.3 Å². The topological polar surface area (TPSA) is 69.6 Å². The van der Waals surface area contributed by atoms with Gasteiger partial charge in [0.1, 0.15) is 5.01 Å². The number of hydrogen-bond donors (Lipinski definition) is 2. The number of aliphatic imine (C=N–C) groups is 1. The van der Waals surface area contributed by atoms with E-state index < -0.39 is 0 Å². The van der Waals surface area contributed by atoms with E-state index in [4.69, 9.17) is 9.98 Å². The average Bonchev–Trinajstić information content (AvgIpc) is 3.54. The van der Waals surface area contributed by atoms with Crippen molar-refractivity contribution in [1.82, 2.24) is 20.5 Å². The molecule has 31 heavy (non-hydrogen) atoms. The van der Waals surface area contributed by atoms with Crippen molar-refractivity contribution >= 4 is 47.2 Å². The second kappa shape index (κ2) is 11.8. The Balaban J connectivity index is 0.00000272. The van der Waals surface area contributed by atoms with Gasteiger partial charge in [0.15, 0.2) is 5.96 Å². The van der Waals surface area contributed by atoms with Crippen LogP contribution in [0.5, 0.6) is 0 Å². The third-order valence-electron chi connectivity index (χ3n) is 5.86. The number of carbonyl (C=O) groups excluding carboxylic acids is 1. The highest BCUT2D eigenvalue weighted by Gasteiger charge is 2.32. The lowest BCUT2D eigenvalue weighted by Crippen LogP contribution is -2.45. The third-order valence-corrected chi connectivity index (χ3v) is 6.80. The molecule has 4 rings (SSSR count). The maximum atomic E-state index is 12.7. The molecule has 1 aromatic carbocycles. The van der Waals surface area contributed by atoms with E-state index in [0.29, 0.717) is 12.5 Å². The van der Waals surface area contributed by atoms with Gasteiger partial charge in [-0.05, 0) is 26.2 Å². The molecule has 2 aliphatic rings. The summed E-state index contributed by atoms with van der Waals surface area (Å²) in [6.07, 6.45) is 5.50. The van der Waals surface area contributed by atoms with Crippen LogP contribution < -0.4 is 10.6 Å². The molecule has 0 radical (unpaired) electrons. The molecule has 1 amide bonds. The molecule has 168 valence electrons. The van der Waals surface area contributed by atoms with E-state index in [1.165, 1.54) is 12.8 Å². The molecule has 1 saturated carbocycles. The fourth-order valence-corrected chi connectivity index (χ4v) is 5.09. The van der Waals surface area contributed by atoms with Gasteiger partial charge >= 0.3 is 0 Å². The largest absolute Gasteiger partial charge is 0.357 e. The molecule has 1 aliphatic heterocycles. The van der Waals surface area contributed by atoms with Gasteiger partial charge in [0.05, 0.1) is 12.2 Å². The van der Waals surface area contributed by atoms with Crippen molar-refractivity contribution in [3.63, 3.8) is 0 Å². The fourth-order valence-electron chi connectivity index (χ4n) is 4.28. The van der Waals surface area contributed by atoms with Crippen LogP contribution in [0.2, 0.25) is 0 Å². The van der Waals surface area contributed by atoms with Gasteiger partial charge in [-0.1, -0.05) is 43.2 Å². The molecule has 1 saturated heterocycles. The number of thiazole rings is 1. The summed E-state index contributed by atoms with van der Waals surface area (Å²) in [5, 5.41) is 9.95. The normalized spacial score (nSPS) is 19.3. The minimum atomic E-state index is 0. The number of likely N-dealkylation sites (tertiary alicyclic amines) is 1. The van der Waals surface area contributed by atoms with Crippen molar-refractivity contribution in [3.05, 3.63) is 41.4 Å². The Morgan fingerprint density at radius 1 is 1.23 bits per heavy atom. The minimum Gasteiger partial charge on any atom is -0.357 e. The molecule has 2 fully saturated rings. The summed E-state index contributed by atoms with van der Waals surface area (Å²) in [7, 11) is 0. The van der Waals surface area contributed by atoms with Gasteiger partial charge in [0.25, 0.3) is 0 Å². The summed E-state index contributed by atoms with van der Waals surface area (Å²) in [5.41, 5.74) is 2.11. The first-order valence-corrected chi connectivity index (χ1v) is 11.9. The van der Waals surface area contributed by atoms with E-state index in [-0.39, 0.29) is 35.9 Å². The molecule has 6 nitrogen and oxygen atoms in total. The van der Waals surface area contributed by atoms with Crippen molar-refractivity contribution < 1.29 is 4.79 Å². The Morgan fingerprint density at radius 3 is 2.74 bits per heavy atom. The van der Waals surface area contributed by atoms with Crippen molar-refractivity contribution in [1.29, 1.82) is 0 Å². The Morgan fingerprint density at radius 2 is 2.00 bits per heavy atom. The Hall–Kier alpha value is -1.68. The highest BCUT2D eigenvalue weighted by molar-refractivity contribution is 14.0. The lowest BCUT2D eigenvalue weighted by molar-refractivity contribution is -0.134. The summed E-state index contributed by atoms with van der Waals surface area (Å²) in [5.74, 6) is 1.41. The molecule has 2 N–H and O–H groups in total. The van der Waals surface area contributed by atoms with Crippen LogP contribution in [0.15, 0.2) is 40.7 Å². The van der Waals surface area contributed by atoms with Gasteiger partial charge in [0, 0.05) is 42.5 Å². The lowest BCUT2D eigenvalue weighted by atomic mass is 10.1. The number of halogens is 1. The predicted octanol–water partition coefficient (Wildman–Crippen LogP) is 4.27. The maximum absolute atomic E-state index is 12.7. The van der Waals surface area contributed by atoms with Crippen molar-refractivity contribution in [3.8, 4) is 10.6 Å². The summed E-state index contributed by atoms with van der Waals surface area (Å²) >= 11 is 1.65. The van der Waals surface area contributed by atoms with E-state index in [9.17, 15) is 4.79 Å². The number of nitrogens with zero attached hydrogens (tertiary/aromatic N) is 3. The number of amides is 1. The average molecular weight is 554 g/mol. The first-order valence-electron chi connectivity index (χ1n) is 11.1. The second-order valence-electron chi connectivity index (χ2n) is 8.10. The molecule has 1 aliphatic carbocycles. The summed E-state index contributed by atoms with van der Waals surface area (Å²) in [6, 6.07) is 10.5. The lowest BCUT2D eigenvalue weighted by Gasteiger charge is -2.21. The summed E-state index contributed by atoms with van der Waals surface area (Å²) < 4.78 is 0. The van der Waals surface area contributed by atoms with Crippen LogP contribution in [-0.4, -0.2) is 47.4 Å². The number of nitrogens with one attached hydrogen (secondary N) is 2. The van der Waals surface area contributed by atoms with Crippen LogP contribution in [0.4, 0.5) is 0 Å². The van der Waals surface area contributed by atoms with Gasteiger partial charge in [0.2, 0.25) is 5.91 Å². The smallest absolute Gasteiger partial charge is 0.225 e. The molecule has 2 heterocycles. The number of aromatic nitrogens is 1. The quantitative estimate of drug-likeness (QED) is 0.319. The summed E-state index contributed by atoms with van der Waals surface area (Å²) in [6.45, 7) is 5.03. The Labute approximate surface area is 206 Å². The number of carbonyl (C=O) groups is 1. The molecule has 2 aromatic rings. The van der Waals surface area contributed by atoms with Gasteiger partial charge in [-0.15, -0.1) is 35.3 Å². The second-order valence-corrected chi connectivity index (χ2v) is 8.96. The third kappa shape index (κ3) is 6.41. The maximum Gasteiger partial charge on any atom is 0.225 e. The molecule has 1 atom stereocenters. The fraction of sp³-hybridized carbons (Fsp3) is 0.522. The van der Waals surface area contributed by atoms with Crippen molar-refractivity contribution in [2.45, 2.75) is 51.6 Å². The monoisotopic (exact) mass is 553 g/mol. The van der Waals surface area contributed by atoms with Gasteiger partial charge in [-0.2, -0.15) is 0 Å². The van der Waals surface area contributed by atoms with Crippen LogP contribution in [0.1, 0.15) is 44.7 Å². The number of guanidine groups is 1. The first-order chi connectivity index (χ1) is 14.7. The van der Waals surface area contributed by atoms with Crippen LogP contribution in [0, 0.1) is 5.92 Å². The Bertz CT molecular complexity index is 866. The van der Waals surface area contributed by atoms with Gasteiger partial charge in [-0.25, -0.2) is 9.98 Å². The SMILES string of the molecule is CCNC(=NCc1csc(-c2ccccc2)n1)NC1CCN(C(=O)C2CCCC2)C1.I. The van der Waals surface area contributed by atoms with E-state index >= 15 is 0 Å². The van der Waals surface area contributed by atoms with E-state index in [1.807, 2.05) is 23.1 Å². The number of hydrogen-bond acceptors (Lipinski definition) is 4. The molecule has 8 heteroatoms. The number of benzene rings is 1. The van der Waals surface area contributed by atoms with Crippen molar-refractivity contribution in [2.75, 3.05) is 19.6 Å². The zero-order chi connectivity index (χ0) is 20.8. The predicted molar refractivity (Wildman–Crippen MR) is 138 cm³/mol. The van der Waals surface area contributed by atoms with Crippen LogP contribution in [0.25, 0.3) is 10.6 Å². The van der Waals surface area contributed by atoms with E-state index in [1.54, 1.807) is 11.3 Å². The number of rotatable bonds is 6. The van der Waals surface area contributed by atoms with E-state index in [2.05, 4.69) is 35.1 Å². The summed E-state index contributed by atoms with van der Waals surface area (Å²) in [4.78, 5) is 24.2. The molecular weight excluding hydrogens is 521 g/mol. The van der Waals surface area contributed by atoms with Crippen LogP contribution in [0.3, 0.4) is 0 Å². The molecule has 1 aromatic heterocycles. The zero-order valence-corrected chi connectivity index (χ0v) is 21.2. The van der Waals surface area contributed by atoms with Crippen LogP contribution in [-0.2, 0) is 11.3 Å². The highest BCUT2D eigenvalue weighted by Crippen LogP contribution is 2.28. The zero-order valence-electron chi connectivity index (χ0n) is 18.0.